The maximum absolute atomic E-state index is 14.4. The quantitative estimate of drug-likeness (QED) is 0.675. The Morgan fingerprint density at radius 2 is 1.75 bits per heavy atom. The molecule has 0 unspecified atom stereocenters. The average Bonchev–Trinajstić information content (AvgIpc) is 2.49. The van der Waals surface area contributed by atoms with Crippen LogP contribution in [0.5, 0.6) is 0 Å². The Bertz CT molecular complexity index is 958. The summed E-state index contributed by atoms with van der Waals surface area (Å²) in [5.41, 5.74) is -0.945. The second-order valence-electron chi connectivity index (χ2n) is 5.73. The third-order valence-electron chi connectivity index (χ3n) is 3.51. The van der Waals surface area contributed by atoms with Crippen LogP contribution in [0.3, 0.4) is 0 Å². The molecular formula is C16H11Cl2F2N3O. The van der Waals surface area contributed by atoms with Crippen molar-refractivity contribution < 1.29 is 13.9 Å². The number of hydrogen-bond acceptors (Lipinski definition) is 4. The van der Waals surface area contributed by atoms with Gasteiger partial charge in [-0.3, -0.25) is 4.98 Å². The summed E-state index contributed by atoms with van der Waals surface area (Å²) < 4.78 is 28.4. The molecule has 0 aliphatic carbocycles. The van der Waals surface area contributed by atoms with Gasteiger partial charge in [0.2, 0.25) is 5.28 Å². The molecule has 3 aromatic rings. The maximum atomic E-state index is 14.4. The number of fused-ring (bicyclic) bond motifs is 1. The number of nitrogens with zero attached hydrogens (tertiary/aromatic N) is 3. The van der Waals surface area contributed by atoms with Crippen molar-refractivity contribution in [3.05, 3.63) is 52.0 Å². The predicted molar refractivity (Wildman–Crippen MR) is 87.9 cm³/mol. The van der Waals surface area contributed by atoms with Crippen molar-refractivity contribution in [2.75, 3.05) is 0 Å². The van der Waals surface area contributed by atoms with E-state index in [1.807, 2.05) is 0 Å². The van der Waals surface area contributed by atoms with E-state index in [9.17, 15) is 13.9 Å². The predicted octanol–water partition coefficient (Wildman–Crippen LogP) is 4.50. The molecule has 0 aliphatic rings. The number of rotatable bonds is 2. The largest absolute Gasteiger partial charge is 0.386 e. The second kappa shape index (κ2) is 5.88. The third-order valence-corrected chi connectivity index (χ3v) is 4.10. The first-order chi connectivity index (χ1) is 11.2. The molecule has 0 amide bonds. The van der Waals surface area contributed by atoms with Crippen LogP contribution in [-0.2, 0) is 5.60 Å². The lowest BCUT2D eigenvalue weighted by Crippen LogP contribution is -2.16. The summed E-state index contributed by atoms with van der Waals surface area (Å²) in [5.74, 6) is -1.44. The second-order valence-corrected chi connectivity index (χ2v) is 6.45. The standard InChI is InChI=1S/C16H11Cl2F2N3O/c1-16(2,24)9-5-21-14-8(12(9)17)3-7(4-10(14)19)13-11(20)6-22-15(18)23-13/h3-6,24H,1-2H3. The van der Waals surface area contributed by atoms with Gasteiger partial charge >= 0.3 is 0 Å². The van der Waals surface area contributed by atoms with Crippen LogP contribution in [0.15, 0.2) is 24.5 Å². The highest BCUT2D eigenvalue weighted by Crippen LogP contribution is 2.36. The number of hydrogen-bond donors (Lipinski definition) is 1. The summed E-state index contributed by atoms with van der Waals surface area (Å²) in [6, 6.07) is 2.54. The van der Waals surface area contributed by atoms with Crippen molar-refractivity contribution in [1.29, 1.82) is 0 Å². The molecule has 0 radical (unpaired) electrons. The van der Waals surface area contributed by atoms with Gasteiger partial charge in [-0.1, -0.05) is 11.6 Å². The number of pyridine rings is 1. The first kappa shape index (κ1) is 17.0. The maximum Gasteiger partial charge on any atom is 0.223 e. The molecule has 4 nitrogen and oxygen atoms in total. The Balaban J connectivity index is 2.33. The number of aliphatic hydroxyl groups is 1. The van der Waals surface area contributed by atoms with Gasteiger partial charge in [-0.2, -0.15) is 0 Å². The van der Waals surface area contributed by atoms with Gasteiger partial charge < -0.3 is 5.11 Å². The normalized spacial score (nSPS) is 12.0. The van der Waals surface area contributed by atoms with Gasteiger partial charge in [-0.25, -0.2) is 18.7 Å². The van der Waals surface area contributed by atoms with E-state index >= 15 is 0 Å². The topological polar surface area (TPSA) is 58.9 Å². The van der Waals surface area contributed by atoms with Crippen molar-refractivity contribution in [3.63, 3.8) is 0 Å². The van der Waals surface area contributed by atoms with Crippen LogP contribution in [-0.4, -0.2) is 20.1 Å². The van der Waals surface area contributed by atoms with Gasteiger partial charge in [0.05, 0.1) is 16.8 Å². The van der Waals surface area contributed by atoms with E-state index in [0.29, 0.717) is 5.56 Å². The Morgan fingerprint density at radius 3 is 2.42 bits per heavy atom. The van der Waals surface area contributed by atoms with Crippen LogP contribution in [0.2, 0.25) is 10.3 Å². The smallest absolute Gasteiger partial charge is 0.223 e. The molecule has 3 rings (SSSR count). The molecule has 0 fully saturated rings. The van der Waals surface area contributed by atoms with E-state index in [0.717, 1.165) is 12.3 Å². The SMILES string of the molecule is CC(C)(O)c1cnc2c(F)cc(-c3nc(Cl)ncc3F)cc2c1Cl. The van der Waals surface area contributed by atoms with Gasteiger partial charge in [0.25, 0.3) is 0 Å². The van der Waals surface area contributed by atoms with E-state index in [-0.39, 0.29) is 32.5 Å². The van der Waals surface area contributed by atoms with E-state index in [2.05, 4.69) is 15.0 Å². The molecule has 0 spiro atoms. The number of halogens is 4. The monoisotopic (exact) mass is 369 g/mol. The molecule has 8 heteroatoms. The molecule has 2 heterocycles. The van der Waals surface area contributed by atoms with E-state index in [1.165, 1.54) is 26.1 Å². The fourth-order valence-electron chi connectivity index (χ4n) is 2.34. The van der Waals surface area contributed by atoms with Crippen molar-refractivity contribution >= 4 is 34.1 Å². The van der Waals surface area contributed by atoms with Gasteiger partial charge in [0.1, 0.15) is 17.0 Å². The molecule has 1 N–H and O–H groups in total. The molecule has 24 heavy (non-hydrogen) atoms. The van der Waals surface area contributed by atoms with Gasteiger partial charge in [0, 0.05) is 22.7 Å². The van der Waals surface area contributed by atoms with Crippen LogP contribution in [0.1, 0.15) is 19.4 Å². The zero-order chi connectivity index (χ0) is 17.6. The van der Waals surface area contributed by atoms with Gasteiger partial charge in [0.15, 0.2) is 5.82 Å². The summed E-state index contributed by atoms with van der Waals surface area (Å²) in [6.07, 6.45) is 2.22. The zero-order valence-corrected chi connectivity index (χ0v) is 14.1. The van der Waals surface area contributed by atoms with E-state index in [1.54, 1.807) is 0 Å². The van der Waals surface area contributed by atoms with Crippen LogP contribution >= 0.6 is 23.2 Å². The number of aromatic nitrogens is 3. The molecule has 0 saturated carbocycles. The summed E-state index contributed by atoms with van der Waals surface area (Å²) in [7, 11) is 0. The highest BCUT2D eigenvalue weighted by molar-refractivity contribution is 6.36. The van der Waals surface area contributed by atoms with Crippen molar-refractivity contribution in [1.82, 2.24) is 15.0 Å². The summed E-state index contributed by atoms with van der Waals surface area (Å²) >= 11 is 12.0. The lowest BCUT2D eigenvalue weighted by Gasteiger charge is -2.20. The third kappa shape index (κ3) is 2.92. The van der Waals surface area contributed by atoms with Crippen LogP contribution in [0, 0.1) is 11.6 Å². The van der Waals surface area contributed by atoms with Crippen molar-refractivity contribution in [2.24, 2.45) is 0 Å². The zero-order valence-electron chi connectivity index (χ0n) is 12.6. The average molecular weight is 370 g/mol. The Labute approximate surface area is 146 Å². The minimum absolute atomic E-state index is 0.0114. The minimum atomic E-state index is -1.27. The number of benzene rings is 1. The van der Waals surface area contributed by atoms with E-state index in [4.69, 9.17) is 23.2 Å². The lowest BCUT2D eigenvalue weighted by molar-refractivity contribution is 0.0785. The first-order valence-electron chi connectivity index (χ1n) is 6.87. The molecule has 1 aromatic carbocycles. The molecule has 0 saturated heterocycles. The lowest BCUT2D eigenvalue weighted by atomic mass is 9.97. The highest BCUT2D eigenvalue weighted by atomic mass is 35.5. The molecule has 0 bridgehead atoms. The van der Waals surface area contributed by atoms with Crippen LogP contribution < -0.4 is 0 Å². The van der Waals surface area contributed by atoms with Gasteiger partial charge in [-0.05, 0) is 37.6 Å². The van der Waals surface area contributed by atoms with Crippen molar-refractivity contribution in [2.45, 2.75) is 19.4 Å². The molecular weight excluding hydrogens is 359 g/mol. The van der Waals surface area contributed by atoms with Crippen LogP contribution in [0.4, 0.5) is 8.78 Å². The Hall–Kier alpha value is -1.89. The fraction of sp³-hybridized carbons (Fsp3) is 0.188. The minimum Gasteiger partial charge on any atom is -0.386 e. The summed E-state index contributed by atoms with van der Waals surface area (Å²) in [4.78, 5) is 11.3. The first-order valence-corrected chi connectivity index (χ1v) is 7.63. The van der Waals surface area contributed by atoms with Crippen LogP contribution in [0.25, 0.3) is 22.2 Å². The fourth-order valence-corrected chi connectivity index (χ4v) is 2.90. The molecule has 2 aromatic heterocycles. The van der Waals surface area contributed by atoms with E-state index < -0.39 is 17.2 Å². The summed E-state index contributed by atoms with van der Waals surface area (Å²) in [6.45, 7) is 3.07. The molecule has 124 valence electrons. The van der Waals surface area contributed by atoms with Gasteiger partial charge in [-0.15, -0.1) is 0 Å². The van der Waals surface area contributed by atoms with Crippen molar-refractivity contribution in [3.8, 4) is 11.3 Å². The molecule has 0 atom stereocenters. The Morgan fingerprint density at radius 1 is 1.04 bits per heavy atom. The summed E-state index contributed by atoms with van der Waals surface area (Å²) in [5, 5.41) is 10.4. The molecule has 0 aliphatic heterocycles. The highest BCUT2D eigenvalue weighted by Gasteiger charge is 2.23. The Kier molecular flexibility index (Phi) is 4.15.